The minimum absolute atomic E-state index is 0. The molecule has 1 amide bonds. The third kappa shape index (κ3) is 5.35. The van der Waals surface area contributed by atoms with Crippen LogP contribution in [0.5, 0.6) is 0 Å². The van der Waals surface area contributed by atoms with Gasteiger partial charge in [0.05, 0.1) is 0 Å². The summed E-state index contributed by atoms with van der Waals surface area (Å²) in [6.45, 7) is 7.48. The maximum Gasteiger partial charge on any atom is 0.224 e. The smallest absolute Gasteiger partial charge is 0.224 e. The molecule has 24 heavy (non-hydrogen) atoms. The first-order valence-electron chi connectivity index (χ1n) is 8.60. The van der Waals surface area contributed by atoms with Crippen LogP contribution in [0.15, 0.2) is 18.2 Å². The lowest BCUT2D eigenvalue weighted by atomic mass is 10.0. The van der Waals surface area contributed by atoms with Gasteiger partial charge in [0, 0.05) is 25.2 Å². The van der Waals surface area contributed by atoms with Crippen LogP contribution in [0.4, 0.5) is 5.69 Å². The van der Waals surface area contributed by atoms with Gasteiger partial charge in [0.1, 0.15) is 0 Å². The van der Waals surface area contributed by atoms with Gasteiger partial charge in [0.2, 0.25) is 5.91 Å². The number of nitrogens with zero attached hydrogens (tertiary/aromatic N) is 1. The third-order valence-electron chi connectivity index (χ3n) is 4.80. The van der Waals surface area contributed by atoms with Gasteiger partial charge in [0.15, 0.2) is 0 Å². The Kier molecular flexibility index (Phi) is 9.06. The van der Waals surface area contributed by atoms with E-state index < -0.39 is 0 Å². The van der Waals surface area contributed by atoms with E-state index >= 15 is 0 Å². The van der Waals surface area contributed by atoms with Crippen LogP contribution in [0.25, 0.3) is 0 Å². The van der Waals surface area contributed by atoms with Gasteiger partial charge in [-0.1, -0.05) is 19.1 Å². The molecule has 2 N–H and O–H groups in total. The summed E-state index contributed by atoms with van der Waals surface area (Å²) in [5.74, 6) is 0.835. The molecule has 0 bridgehead atoms. The Balaban J connectivity index is 0.00000144. The number of rotatable bonds is 6. The summed E-state index contributed by atoms with van der Waals surface area (Å²) in [6.07, 6.45) is 4.01. The normalized spacial score (nSPS) is 19.3. The van der Waals surface area contributed by atoms with Crippen LogP contribution in [0, 0.1) is 5.92 Å². The highest BCUT2D eigenvalue weighted by molar-refractivity contribution is 5.91. The number of carbonyl (C=O) groups excluding carboxylic acids is 1. The third-order valence-corrected chi connectivity index (χ3v) is 4.80. The summed E-state index contributed by atoms with van der Waals surface area (Å²) in [5, 5.41) is 6.50. The van der Waals surface area contributed by atoms with Crippen molar-refractivity contribution in [3.8, 4) is 0 Å². The Labute approximate surface area is 157 Å². The summed E-state index contributed by atoms with van der Waals surface area (Å²) in [7, 11) is 0. The maximum atomic E-state index is 12.2. The second-order valence-corrected chi connectivity index (χ2v) is 6.60. The highest BCUT2D eigenvalue weighted by atomic mass is 35.5. The van der Waals surface area contributed by atoms with Gasteiger partial charge < -0.3 is 10.6 Å². The van der Waals surface area contributed by atoms with Crippen molar-refractivity contribution in [2.75, 3.05) is 25.0 Å². The summed E-state index contributed by atoms with van der Waals surface area (Å²) < 4.78 is 0. The van der Waals surface area contributed by atoms with Crippen LogP contribution in [-0.4, -0.2) is 30.4 Å². The minimum Gasteiger partial charge on any atom is -0.326 e. The maximum absolute atomic E-state index is 12.2. The van der Waals surface area contributed by atoms with E-state index in [1.165, 1.54) is 24.0 Å². The Hall–Kier alpha value is -0.810. The van der Waals surface area contributed by atoms with E-state index in [0.29, 0.717) is 12.3 Å². The van der Waals surface area contributed by atoms with Crippen LogP contribution >= 0.6 is 24.8 Å². The molecule has 1 saturated heterocycles. The van der Waals surface area contributed by atoms with E-state index in [1.807, 2.05) is 6.07 Å². The van der Waals surface area contributed by atoms with E-state index in [4.69, 9.17) is 0 Å². The summed E-state index contributed by atoms with van der Waals surface area (Å²) in [4.78, 5) is 14.7. The highest BCUT2D eigenvalue weighted by Gasteiger charge is 2.22. The van der Waals surface area contributed by atoms with Crippen LogP contribution in [0.2, 0.25) is 0 Å². The Bertz CT molecular complexity index is 533. The van der Waals surface area contributed by atoms with Crippen molar-refractivity contribution in [3.63, 3.8) is 0 Å². The minimum atomic E-state index is 0. The van der Waals surface area contributed by atoms with E-state index in [0.717, 1.165) is 44.8 Å². The molecule has 0 spiro atoms. The van der Waals surface area contributed by atoms with Crippen molar-refractivity contribution < 1.29 is 4.79 Å². The molecule has 2 aliphatic heterocycles. The van der Waals surface area contributed by atoms with Crippen LogP contribution < -0.4 is 10.6 Å². The van der Waals surface area contributed by atoms with Crippen molar-refractivity contribution in [1.82, 2.24) is 10.2 Å². The predicted octanol–water partition coefficient (Wildman–Crippen LogP) is 3.58. The fourth-order valence-electron chi connectivity index (χ4n) is 3.59. The number of carbonyl (C=O) groups is 1. The van der Waals surface area contributed by atoms with Gasteiger partial charge in [-0.15, -0.1) is 24.8 Å². The van der Waals surface area contributed by atoms with Gasteiger partial charge in [0.25, 0.3) is 0 Å². The molecule has 0 saturated carbocycles. The van der Waals surface area contributed by atoms with Crippen molar-refractivity contribution in [2.24, 2.45) is 5.92 Å². The van der Waals surface area contributed by atoms with Crippen molar-refractivity contribution in [3.05, 3.63) is 29.3 Å². The number of anilines is 1. The molecule has 4 nitrogen and oxygen atoms in total. The summed E-state index contributed by atoms with van der Waals surface area (Å²) in [6, 6.07) is 6.29. The van der Waals surface area contributed by atoms with E-state index in [2.05, 4.69) is 34.6 Å². The fourth-order valence-corrected chi connectivity index (χ4v) is 3.59. The van der Waals surface area contributed by atoms with Gasteiger partial charge in [-0.25, -0.2) is 0 Å². The van der Waals surface area contributed by atoms with Crippen LogP contribution in [-0.2, 0) is 17.9 Å². The average molecular weight is 374 g/mol. The first-order chi connectivity index (χ1) is 10.8. The van der Waals surface area contributed by atoms with Crippen molar-refractivity contribution in [2.45, 2.75) is 45.7 Å². The first kappa shape index (κ1) is 21.2. The van der Waals surface area contributed by atoms with E-state index in [-0.39, 0.29) is 30.7 Å². The number of hydrogen-bond donors (Lipinski definition) is 2. The lowest BCUT2D eigenvalue weighted by molar-refractivity contribution is -0.116. The molecule has 1 fully saturated rings. The molecule has 1 unspecified atom stereocenters. The number of benzene rings is 1. The second-order valence-electron chi connectivity index (χ2n) is 6.60. The van der Waals surface area contributed by atoms with Gasteiger partial charge in [-0.3, -0.25) is 9.69 Å². The Morgan fingerprint density at radius 2 is 2.17 bits per heavy atom. The monoisotopic (exact) mass is 373 g/mol. The Morgan fingerprint density at radius 1 is 1.33 bits per heavy atom. The van der Waals surface area contributed by atoms with Crippen LogP contribution in [0.1, 0.15) is 43.7 Å². The topological polar surface area (TPSA) is 44.4 Å². The molecule has 0 aliphatic carbocycles. The summed E-state index contributed by atoms with van der Waals surface area (Å²) in [5.41, 5.74) is 3.70. The van der Waals surface area contributed by atoms with Gasteiger partial charge in [-0.05, 0) is 62.0 Å². The number of hydrogen-bond acceptors (Lipinski definition) is 3. The molecule has 1 aromatic carbocycles. The number of halogens is 2. The van der Waals surface area contributed by atoms with Gasteiger partial charge in [-0.2, -0.15) is 0 Å². The molecule has 1 aromatic rings. The number of fused-ring (bicyclic) bond motifs is 1. The molecule has 3 rings (SSSR count). The van der Waals surface area contributed by atoms with Crippen molar-refractivity contribution in [1.29, 1.82) is 0 Å². The fraction of sp³-hybridized carbons (Fsp3) is 0.611. The quantitative estimate of drug-likeness (QED) is 0.800. The summed E-state index contributed by atoms with van der Waals surface area (Å²) >= 11 is 0. The molecule has 1 atom stereocenters. The molecular formula is C18H29Cl2N3O. The van der Waals surface area contributed by atoms with Gasteiger partial charge >= 0.3 is 0 Å². The lowest BCUT2D eigenvalue weighted by Gasteiger charge is -2.13. The molecule has 2 heterocycles. The zero-order valence-electron chi connectivity index (χ0n) is 14.3. The molecular weight excluding hydrogens is 345 g/mol. The average Bonchev–Trinajstić information content (AvgIpc) is 3.14. The molecule has 136 valence electrons. The predicted molar refractivity (Wildman–Crippen MR) is 104 cm³/mol. The zero-order chi connectivity index (χ0) is 15.4. The molecule has 6 heteroatoms. The largest absolute Gasteiger partial charge is 0.326 e. The number of amides is 1. The molecule has 2 aliphatic rings. The SMILES string of the molecule is CCCN1Cc2cccc(NC(=O)CCC3CCNC3)c2C1.Cl.Cl. The molecule has 0 aromatic heterocycles. The first-order valence-corrected chi connectivity index (χ1v) is 8.60. The zero-order valence-corrected chi connectivity index (χ0v) is 16.0. The molecule has 0 radical (unpaired) electrons. The van der Waals surface area contributed by atoms with Crippen molar-refractivity contribution >= 4 is 36.4 Å². The lowest BCUT2D eigenvalue weighted by Crippen LogP contribution is -2.18. The standard InChI is InChI=1S/C18H27N3O.2ClH/c1-2-10-21-12-15-4-3-5-17(16(15)13-21)20-18(22)7-6-14-8-9-19-11-14;;/h3-5,14,19H,2,6-13H2,1H3,(H,20,22);2*1H. The van der Waals surface area contributed by atoms with E-state index in [1.54, 1.807) is 0 Å². The second kappa shape index (κ2) is 10.2. The van der Waals surface area contributed by atoms with Crippen LogP contribution in [0.3, 0.4) is 0 Å². The number of nitrogens with one attached hydrogen (secondary N) is 2. The Morgan fingerprint density at radius 3 is 2.88 bits per heavy atom. The van der Waals surface area contributed by atoms with E-state index in [9.17, 15) is 4.79 Å². The highest BCUT2D eigenvalue weighted by Crippen LogP contribution is 2.29.